The molecular formula is C12H13FN4S. The molecule has 0 aliphatic heterocycles. The molecule has 1 aromatic carbocycles. The first kappa shape index (κ1) is 12.5. The highest BCUT2D eigenvalue weighted by Crippen LogP contribution is 2.21. The smallest absolute Gasteiger partial charge is 0.123 e. The summed E-state index contributed by atoms with van der Waals surface area (Å²) in [4.78, 5) is 0. The van der Waals surface area contributed by atoms with Gasteiger partial charge in [0, 0.05) is 0 Å². The summed E-state index contributed by atoms with van der Waals surface area (Å²) in [5, 5.41) is 4.87. The van der Waals surface area contributed by atoms with Crippen LogP contribution in [0.2, 0.25) is 0 Å². The lowest BCUT2D eigenvalue weighted by Gasteiger charge is -2.03. The Morgan fingerprint density at radius 2 is 2.06 bits per heavy atom. The molecule has 4 nitrogen and oxygen atoms in total. The van der Waals surface area contributed by atoms with Crippen LogP contribution >= 0.6 is 11.5 Å². The number of hydrogen-bond donors (Lipinski definition) is 2. The zero-order chi connectivity index (χ0) is 13.1. The molecule has 1 aromatic heterocycles. The van der Waals surface area contributed by atoms with Crippen molar-refractivity contribution in [3.63, 3.8) is 0 Å². The average Bonchev–Trinajstić information content (AvgIpc) is 2.68. The lowest BCUT2D eigenvalue weighted by atomic mass is 10.2. The van der Waals surface area contributed by atoms with Gasteiger partial charge in [0.2, 0.25) is 0 Å². The van der Waals surface area contributed by atoms with Crippen molar-refractivity contribution in [1.82, 2.24) is 4.37 Å². The van der Waals surface area contributed by atoms with E-state index in [0.29, 0.717) is 5.00 Å². The van der Waals surface area contributed by atoms with Gasteiger partial charge in [-0.25, -0.2) is 4.39 Å². The van der Waals surface area contributed by atoms with E-state index in [1.54, 1.807) is 12.1 Å². The van der Waals surface area contributed by atoms with Crippen LogP contribution in [-0.2, 0) is 0 Å². The van der Waals surface area contributed by atoms with Gasteiger partial charge in [-0.1, -0.05) is 0 Å². The first-order valence-electron chi connectivity index (χ1n) is 5.36. The fourth-order valence-corrected chi connectivity index (χ4v) is 2.27. The van der Waals surface area contributed by atoms with Crippen molar-refractivity contribution >= 4 is 27.9 Å². The molecule has 94 valence electrons. The molecule has 0 unspecified atom stereocenters. The van der Waals surface area contributed by atoms with E-state index < -0.39 is 0 Å². The second-order valence-corrected chi connectivity index (χ2v) is 4.63. The molecule has 2 aromatic rings. The van der Waals surface area contributed by atoms with Crippen LogP contribution in [0.1, 0.15) is 18.2 Å². The number of hydrogen-bond acceptors (Lipinski definition) is 5. The van der Waals surface area contributed by atoms with Crippen LogP contribution < -0.4 is 11.2 Å². The van der Waals surface area contributed by atoms with Crippen LogP contribution in [0.25, 0.3) is 0 Å². The molecule has 0 aliphatic rings. The molecule has 3 N–H and O–H groups in total. The van der Waals surface area contributed by atoms with Crippen LogP contribution in [0, 0.1) is 12.7 Å². The Labute approximate surface area is 109 Å². The molecular weight excluding hydrogens is 251 g/mol. The first-order valence-corrected chi connectivity index (χ1v) is 6.13. The molecule has 18 heavy (non-hydrogen) atoms. The van der Waals surface area contributed by atoms with Crippen LogP contribution in [0.3, 0.4) is 0 Å². The Balaban J connectivity index is 2.17. The van der Waals surface area contributed by atoms with Gasteiger partial charge in [-0.2, -0.15) is 9.47 Å². The number of rotatable bonds is 3. The lowest BCUT2D eigenvalue weighted by molar-refractivity contribution is 0.628. The first-order chi connectivity index (χ1) is 8.58. The fraction of sp³-hybridized carbons (Fsp3) is 0.167. The number of nitrogen functional groups attached to an aromatic ring is 1. The van der Waals surface area contributed by atoms with E-state index in [1.165, 1.54) is 23.7 Å². The standard InChI is InChI=1S/C12H13FN4S/c1-7(11-8(2)17-18-12(11)14)15-16-10-5-3-9(13)4-6-10/h3-6,16H,14H2,1-2H3/b15-7-. The van der Waals surface area contributed by atoms with E-state index in [9.17, 15) is 4.39 Å². The number of aryl methyl sites for hydroxylation is 1. The Hall–Kier alpha value is -1.95. The summed E-state index contributed by atoms with van der Waals surface area (Å²) in [6.07, 6.45) is 0. The summed E-state index contributed by atoms with van der Waals surface area (Å²) in [5.41, 5.74) is 11.9. The Morgan fingerprint density at radius 3 is 2.61 bits per heavy atom. The zero-order valence-electron chi connectivity index (χ0n) is 10.1. The van der Waals surface area contributed by atoms with Crippen molar-refractivity contribution in [1.29, 1.82) is 0 Å². The number of aromatic nitrogens is 1. The molecule has 0 saturated heterocycles. The Kier molecular flexibility index (Phi) is 3.57. The minimum Gasteiger partial charge on any atom is -0.389 e. The molecule has 0 aliphatic carbocycles. The normalized spacial score (nSPS) is 11.6. The van der Waals surface area contributed by atoms with Crippen LogP contribution in [0.5, 0.6) is 0 Å². The molecule has 0 fully saturated rings. The highest BCUT2D eigenvalue weighted by molar-refractivity contribution is 7.10. The number of anilines is 2. The molecule has 0 amide bonds. The summed E-state index contributed by atoms with van der Waals surface area (Å²) in [6.45, 7) is 3.74. The fourth-order valence-electron chi connectivity index (χ4n) is 1.56. The highest BCUT2D eigenvalue weighted by Gasteiger charge is 2.10. The van der Waals surface area contributed by atoms with E-state index >= 15 is 0 Å². The van der Waals surface area contributed by atoms with Gasteiger partial charge in [0.15, 0.2) is 0 Å². The van der Waals surface area contributed by atoms with Crippen LogP contribution in [0.4, 0.5) is 15.1 Å². The van der Waals surface area contributed by atoms with Gasteiger partial charge < -0.3 is 5.73 Å². The summed E-state index contributed by atoms with van der Waals surface area (Å²) in [6, 6.07) is 5.99. The van der Waals surface area contributed by atoms with Crippen molar-refractivity contribution in [3.05, 3.63) is 41.3 Å². The maximum absolute atomic E-state index is 12.7. The van der Waals surface area contributed by atoms with E-state index in [-0.39, 0.29) is 5.82 Å². The Morgan fingerprint density at radius 1 is 1.39 bits per heavy atom. The molecule has 0 bridgehead atoms. The molecule has 0 radical (unpaired) electrons. The molecule has 2 rings (SSSR count). The van der Waals surface area contributed by atoms with Crippen molar-refractivity contribution in [3.8, 4) is 0 Å². The third kappa shape index (κ3) is 2.65. The number of halogens is 1. The number of hydrazone groups is 1. The minimum absolute atomic E-state index is 0.275. The molecule has 0 atom stereocenters. The average molecular weight is 264 g/mol. The second-order valence-electron chi connectivity index (χ2n) is 3.82. The predicted molar refractivity (Wildman–Crippen MR) is 73.5 cm³/mol. The summed E-state index contributed by atoms with van der Waals surface area (Å²) in [7, 11) is 0. The van der Waals surface area contributed by atoms with Crippen LogP contribution in [-0.4, -0.2) is 10.1 Å². The monoisotopic (exact) mass is 264 g/mol. The molecule has 1 heterocycles. The number of nitrogens with one attached hydrogen (secondary N) is 1. The van der Waals surface area contributed by atoms with Gasteiger partial charge in [0.1, 0.15) is 10.8 Å². The van der Waals surface area contributed by atoms with E-state index in [1.807, 2.05) is 13.8 Å². The summed E-state index contributed by atoms with van der Waals surface area (Å²) >= 11 is 1.25. The number of nitrogens with zero attached hydrogens (tertiary/aromatic N) is 2. The van der Waals surface area contributed by atoms with Crippen molar-refractivity contribution in [2.24, 2.45) is 5.10 Å². The van der Waals surface area contributed by atoms with Crippen molar-refractivity contribution in [2.75, 3.05) is 11.2 Å². The van der Waals surface area contributed by atoms with Gasteiger partial charge >= 0.3 is 0 Å². The van der Waals surface area contributed by atoms with Crippen molar-refractivity contribution in [2.45, 2.75) is 13.8 Å². The van der Waals surface area contributed by atoms with Gasteiger partial charge in [0.25, 0.3) is 0 Å². The second kappa shape index (κ2) is 5.14. The van der Waals surface area contributed by atoms with Gasteiger partial charge in [-0.3, -0.25) is 5.43 Å². The lowest BCUT2D eigenvalue weighted by Crippen LogP contribution is -2.03. The van der Waals surface area contributed by atoms with Gasteiger partial charge in [-0.05, 0) is 49.6 Å². The Bertz CT molecular complexity index is 555. The SMILES string of the molecule is C/C(=N/Nc1ccc(F)cc1)c1c(C)nsc1N. The number of nitrogens with two attached hydrogens (primary N) is 1. The summed E-state index contributed by atoms with van der Waals surface area (Å²) < 4.78 is 16.9. The van der Waals surface area contributed by atoms with E-state index in [0.717, 1.165) is 22.7 Å². The van der Waals surface area contributed by atoms with E-state index in [4.69, 9.17) is 5.73 Å². The third-order valence-electron chi connectivity index (χ3n) is 2.45. The van der Waals surface area contributed by atoms with Crippen LogP contribution in [0.15, 0.2) is 29.4 Å². The highest BCUT2D eigenvalue weighted by atomic mass is 32.1. The quantitative estimate of drug-likeness (QED) is 0.661. The molecule has 0 saturated carbocycles. The zero-order valence-corrected chi connectivity index (χ0v) is 10.9. The third-order valence-corrected chi connectivity index (χ3v) is 3.21. The maximum Gasteiger partial charge on any atom is 0.123 e. The largest absolute Gasteiger partial charge is 0.389 e. The molecule has 0 spiro atoms. The van der Waals surface area contributed by atoms with Gasteiger partial charge in [0.05, 0.1) is 22.7 Å². The van der Waals surface area contributed by atoms with Gasteiger partial charge in [-0.15, -0.1) is 0 Å². The van der Waals surface area contributed by atoms with Crippen molar-refractivity contribution < 1.29 is 4.39 Å². The van der Waals surface area contributed by atoms with E-state index in [2.05, 4.69) is 14.9 Å². The summed E-state index contributed by atoms with van der Waals surface area (Å²) in [5.74, 6) is -0.275. The predicted octanol–water partition coefficient (Wildman–Crippen LogP) is 3.01. The maximum atomic E-state index is 12.7. The molecule has 6 heteroatoms. The minimum atomic E-state index is -0.275. The topological polar surface area (TPSA) is 63.3 Å². The number of benzene rings is 1.